The predicted molar refractivity (Wildman–Crippen MR) is 98.9 cm³/mol. The number of halogens is 3. The summed E-state index contributed by atoms with van der Waals surface area (Å²) in [5, 5.41) is 6.32. The zero-order valence-corrected chi connectivity index (χ0v) is 15.6. The maximum absolute atomic E-state index is 12.6. The molecular formula is C19H28F3N3O2. The van der Waals surface area contributed by atoms with Crippen LogP contribution in [0.15, 0.2) is 29.3 Å². The number of ether oxygens (including phenoxy) is 2. The third-order valence-corrected chi connectivity index (χ3v) is 4.16. The van der Waals surface area contributed by atoms with Gasteiger partial charge >= 0.3 is 6.18 Å². The summed E-state index contributed by atoms with van der Waals surface area (Å²) in [6.07, 6.45) is -1.33. The molecule has 0 aromatic heterocycles. The van der Waals surface area contributed by atoms with Crippen LogP contribution >= 0.6 is 0 Å². The quantitative estimate of drug-likeness (QED) is 0.389. The van der Waals surface area contributed by atoms with E-state index in [9.17, 15) is 13.2 Å². The van der Waals surface area contributed by atoms with Gasteiger partial charge in [0.1, 0.15) is 0 Å². The number of guanidine groups is 1. The van der Waals surface area contributed by atoms with Gasteiger partial charge in [0.25, 0.3) is 0 Å². The summed E-state index contributed by atoms with van der Waals surface area (Å²) < 4.78 is 48.8. The molecule has 1 atom stereocenters. The minimum Gasteiger partial charge on any atom is -0.377 e. The molecule has 1 fully saturated rings. The summed E-state index contributed by atoms with van der Waals surface area (Å²) in [7, 11) is 0. The van der Waals surface area contributed by atoms with E-state index in [0.717, 1.165) is 43.7 Å². The number of benzene rings is 1. The smallest absolute Gasteiger partial charge is 0.377 e. The van der Waals surface area contributed by atoms with Crippen LogP contribution in [-0.4, -0.2) is 51.5 Å². The maximum Gasteiger partial charge on any atom is 0.416 e. The minimum atomic E-state index is -4.30. The lowest BCUT2D eigenvalue weighted by Gasteiger charge is -2.12. The second kappa shape index (κ2) is 11.1. The van der Waals surface area contributed by atoms with Crippen molar-refractivity contribution < 1.29 is 22.6 Å². The highest BCUT2D eigenvalue weighted by molar-refractivity contribution is 5.79. The second-order valence-electron chi connectivity index (χ2n) is 6.34. The minimum absolute atomic E-state index is 0.212. The first-order valence-electron chi connectivity index (χ1n) is 9.36. The number of hydrogen-bond acceptors (Lipinski definition) is 3. The van der Waals surface area contributed by atoms with Gasteiger partial charge in [0.15, 0.2) is 5.96 Å². The van der Waals surface area contributed by atoms with Crippen LogP contribution in [0, 0.1) is 0 Å². The summed E-state index contributed by atoms with van der Waals surface area (Å²) in [5.74, 6) is 0.671. The molecule has 2 rings (SSSR count). The van der Waals surface area contributed by atoms with Crippen molar-refractivity contribution in [1.29, 1.82) is 0 Å². The van der Waals surface area contributed by atoms with E-state index in [4.69, 9.17) is 9.47 Å². The van der Waals surface area contributed by atoms with Gasteiger partial charge in [0, 0.05) is 19.7 Å². The van der Waals surface area contributed by atoms with Gasteiger partial charge in [-0.3, -0.25) is 4.99 Å². The number of nitrogens with zero attached hydrogens (tertiary/aromatic N) is 1. The van der Waals surface area contributed by atoms with Crippen LogP contribution in [0.1, 0.15) is 30.9 Å². The van der Waals surface area contributed by atoms with Gasteiger partial charge in [-0.25, -0.2) is 0 Å². The Morgan fingerprint density at radius 2 is 2.04 bits per heavy atom. The van der Waals surface area contributed by atoms with Crippen molar-refractivity contribution in [2.75, 3.05) is 39.5 Å². The number of nitrogens with one attached hydrogen (secondary N) is 2. The molecule has 0 aliphatic carbocycles. The van der Waals surface area contributed by atoms with Crippen LogP contribution in [0.4, 0.5) is 13.2 Å². The van der Waals surface area contributed by atoms with Gasteiger partial charge in [-0.15, -0.1) is 0 Å². The van der Waals surface area contributed by atoms with Crippen LogP contribution in [0.2, 0.25) is 0 Å². The number of rotatable bonds is 9. The lowest BCUT2D eigenvalue weighted by Crippen LogP contribution is -2.38. The van der Waals surface area contributed by atoms with Crippen LogP contribution in [0.5, 0.6) is 0 Å². The van der Waals surface area contributed by atoms with Crippen LogP contribution in [-0.2, 0) is 22.1 Å². The summed E-state index contributed by atoms with van der Waals surface area (Å²) >= 11 is 0. The molecule has 27 heavy (non-hydrogen) atoms. The van der Waals surface area contributed by atoms with Crippen LogP contribution < -0.4 is 10.6 Å². The average Bonchev–Trinajstić information content (AvgIpc) is 3.14. The Balaban J connectivity index is 1.68. The van der Waals surface area contributed by atoms with Gasteiger partial charge in [0.05, 0.1) is 31.4 Å². The highest BCUT2D eigenvalue weighted by Gasteiger charge is 2.29. The van der Waals surface area contributed by atoms with Gasteiger partial charge in [0.2, 0.25) is 0 Å². The lowest BCUT2D eigenvalue weighted by atomic mass is 10.1. The van der Waals surface area contributed by atoms with E-state index < -0.39 is 11.7 Å². The van der Waals surface area contributed by atoms with E-state index in [2.05, 4.69) is 15.6 Å². The van der Waals surface area contributed by atoms with Crippen molar-refractivity contribution in [1.82, 2.24) is 10.6 Å². The van der Waals surface area contributed by atoms with Crippen molar-refractivity contribution in [2.24, 2.45) is 4.99 Å². The van der Waals surface area contributed by atoms with Crippen LogP contribution in [0.3, 0.4) is 0 Å². The lowest BCUT2D eigenvalue weighted by molar-refractivity contribution is -0.137. The maximum atomic E-state index is 12.6. The number of alkyl halides is 3. The first kappa shape index (κ1) is 21.5. The SMILES string of the molecule is CCNC(=NCCOCC1CCCO1)NCCc1ccc(C(F)(F)F)cc1. The van der Waals surface area contributed by atoms with E-state index >= 15 is 0 Å². The van der Waals surface area contributed by atoms with E-state index in [-0.39, 0.29) is 6.10 Å². The molecule has 1 unspecified atom stereocenters. The molecule has 8 heteroatoms. The zero-order chi connectivity index (χ0) is 19.5. The van der Waals surface area contributed by atoms with Gasteiger partial charge in [-0.2, -0.15) is 13.2 Å². The molecule has 2 N–H and O–H groups in total. The molecule has 0 bridgehead atoms. The van der Waals surface area contributed by atoms with Crippen molar-refractivity contribution in [2.45, 2.75) is 38.5 Å². The highest BCUT2D eigenvalue weighted by atomic mass is 19.4. The molecule has 1 saturated heterocycles. The molecule has 0 radical (unpaired) electrons. The van der Waals surface area contributed by atoms with Crippen LogP contribution in [0.25, 0.3) is 0 Å². The molecule has 0 spiro atoms. The topological polar surface area (TPSA) is 54.9 Å². The molecule has 0 saturated carbocycles. The van der Waals surface area contributed by atoms with E-state index in [1.165, 1.54) is 12.1 Å². The Bertz CT molecular complexity index is 571. The normalized spacial score (nSPS) is 17.9. The number of hydrogen-bond donors (Lipinski definition) is 2. The Kier molecular flexibility index (Phi) is 8.87. The third kappa shape index (κ3) is 8.17. The van der Waals surface area contributed by atoms with Gasteiger partial charge < -0.3 is 20.1 Å². The molecule has 1 aromatic carbocycles. The summed E-state index contributed by atoms with van der Waals surface area (Å²) in [6, 6.07) is 5.24. The predicted octanol–water partition coefficient (Wildman–Crippen LogP) is 3.00. The van der Waals surface area contributed by atoms with Crippen molar-refractivity contribution >= 4 is 5.96 Å². The van der Waals surface area contributed by atoms with Crippen molar-refractivity contribution in [3.63, 3.8) is 0 Å². The number of aliphatic imine (C=N–C) groups is 1. The fraction of sp³-hybridized carbons (Fsp3) is 0.632. The van der Waals surface area contributed by atoms with Gasteiger partial charge in [-0.1, -0.05) is 12.1 Å². The Morgan fingerprint density at radius 3 is 2.67 bits per heavy atom. The fourth-order valence-corrected chi connectivity index (χ4v) is 2.74. The molecular weight excluding hydrogens is 359 g/mol. The molecule has 152 valence electrons. The fourth-order valence-electron chi connectivity index (χ4n) is 2.74. The summed E-state index contributed by atoms with van der Waals surface area (Å²) in [4.78, 5) is 4.44. The zero-order valence-electron chi connectivity index (χ0n) is 15.6. The Morgan fingerprint density at radius 1 is 1.26 bits per heavy atom. The molecule has 1 aromatic rings. The first-order valence-corrected chi connectivity index (χ1v) is 9.36. The molecule has 1 heterocycles. The highest BCUT2D eigenvalue weighted by Crippen LogP contribution is 2.29. The molecule has 0 amide bonds. The molecule has 5 nitrogen and oxygen atoms in total. The molecule has 1 aliphatic rings. The van der Waals surface area contributed by atoms with Gasteiger partial charge in [-0.05, 0) is 43.9 Å². The first-order chi connectivity index (χ1) is 13.0. The third-order valence-electron chi connectivity index (χ3n) is 4.16. The van der Waals surface area contributed by atoms with Crippen molar-refractivity contribution in [3.05, 3.63) is 35.4 Å². The molecule has 1 aliphatic heterocycles. The van der Waals surface area contributed by atoms with Crippen molar-refractivity contribution in [3.8, 4) is 0 Å². The Hall–Kier alpha value is -1.80. The van der Waals surface area contributed by atoms with E-state index in [1.807, 2.05) is 6.92 Å². The van der Waals surface area contributed by atoms with E-state index in [1.54, 1.807) is 0 Å². The monoisotopic (exact) mass is 387 g/mol. The second-order valence-corrected chi connectivity index (χ2v) is 6.34. The Labute approximate surface area is 158 Å². The summed E-state index contributed by atoms with van der Waals surface area (Å²) in [6.45, 7) is 5.75. The summed E-state index contributed by atoms with van der Waals surface area (Å²) in [5.41, 5.74) is 0.211. The average molecular weight is 387 g/mol. The van der Waals surface area contributed by atoms with E-state index in [0.29, 0.717) is 38.7 Å². The standard InChI is InChI=1S/C19H28F3N3O2/c1-2-23-18(25-11-13-26-14-17-4-3-12-27-17)24-10-9-15-5-7-16(8-6-15)19(20,21)22/h5-8,17H,2-4,9-14H2,1H3,(H2,23,24,25). The largest absolute Gasteiger partial charge is 0.416 e.